The first-order chi connectivity index (χ1) is 13.1. The summed E-state index contributed by atoms with van der Waals surface area (Å²) in [7, 11) is 1.55. The Morgan fingerprint density at radius 3 is 2.82 bits per heavy atom. The first-order valence-electron chi connectivity index (χ1n) is 9.20. The molecule has 1 aromatic carbocycles. The van der Waals surface area contributed by atoms with E-state index in [2.05, 4.69) is 5.32 Å². The summed E-state index contributed by atoms with van der Waals surface area (Å²) < 4.78 is 10.8. The van der Waals surface area contributed by atoms with Crippen LogP contribution in [-0.4, -0.2) is 34.6 Å². The van der Waals surface area contributed by atoms with Crippen LogP contribution in [0.15, 0.2) is 23.2 Å². The number of non-ortho nitro benzene ring substituents is 1. The highest BCUT2D eigenvalue weighted by atomic mass is 32.2. The molecular weight excluding hydrogens is 382 g/mol. The molecule has 2 aliphatic rings. The fraction of sp³-hybridized carbons (Fsp3) is 0.579. The van der Waals surface area contributed by atoms with Crippen molar-refractivity contribution in [2.75, 3.05) is 12.9 Å². The summed E-state index contributed by atoms with van der Waals surface area (Å²) >= 11 is 1.47. The van der Waals surface area contributed by atoms with Gasteiger partial charge in [0.25, 0.3) is 5.69 Å². The van der Waals surface area contributed by atoms with Gasteiger partial charge in [-0.3, -0.25) is 20.4 Å². The molecule has 1 saturated carbocycles. The van der Waals surface area contributed by atoms with E-state index in [4.69, 9.17) is 14.5 Å². The average Bonchev–Trinajstić information content (AvgIpc) is 3.03. The number of carbonyl (C=O) groups is 1. The minimum Gasteiger partial charge on any atom is -0.496 e. The predicted octanol–water partition coefficient (Wildman–Crippen LogP) is 4.23. The van der Waals surface area contributed by atoms with Gasteiger partial charge >= 0.3 is 6.09 Å². The van der Waals surface area contributed by atoms with Gasteiger partial charge in [-0.15, -0.1) is 0 Å². The Morgan fingerprint density at radius 2 is 2.18 bits per heavy atom. The van der Waals surface area contributed by atoms with Crippen LogP contribution in [0.25, 0.3) is 0 Å². The molecule has 1 aliphatic heterocycles. The van der Waals surface area contributed by atoms with Crippen molar-refractivity contribution in [1.82, 2.24) is 5.32 Å². The van der Waals surface area contributed by atoms with Crippen LogP contribution in [-0.2, 0) is 10.3 Å². The molecule has 1 amide bonds. The second-order valence-electron chi connectivity index (χ2n) is 8.01. The summed E-state index contributed by atoms with van der Waals surface area (Å²) in [6, 6.07) is 4.61. The van der Waals surface area contributed by atoms with Crippen molar-refractivity contribution in [3.8, 4) is 5.75 Å². The second kappa shape index (κ2) is 7.62. The zero-order valence-corrected chi connectivity index (χ0v) is 17.3. The molecule has 0 saturated heterocycles. The van der Waals surface area contributed by atoms with E-state index >= 15 is 0 Å². The van der Waals surface area contributed by atoms with Crippen LogP contribution < -0.4 is 10.1 Å². The minimum atomic E-state index is -0.646. The van der Waals surface area contributed by atoms with E-state index in [1.54, 1.807) is 40.0 Å². The Balaban J connectivity index is 2.00. The Bertz CT molecular complexity index is 820. The van der Waals surface area contributed by atoms with Crippen LogP contribution in [0.5, 0.6) is 5.75 Å². The average molecular weight is 407 g/mol. The molecule has 0 spiro atoms. The van der Waals surface area contributed by atoms with Crippen molar-refractivity contribution in [1.29, 1.82) is 0 Å². The fourth-order valence-corrected chi connectivity index (χ4v) is 5.02. The van der Waals surface area contributed by atoms with Gasteiger partial charge in [0.05, 0.1) is 17.6 Å². The number of rotatable bonds is 3. The summed E-state index contributed by atoms with van der Waals surface area (Å²) in [5, 5.41) is 14.5. The fourth-order valence-electron chi connectivity index (χ4n) is 3.84. The Labute approximate surface area is 168 Å². The summed E-state index contributed by atoms with van der Waals surface area (Å²) in [6.45, 7) is 5.39. The molecule has 0 unspecified atom stereocenters. The van der Waals surface area contributed by atoms with Crippen molar-refractivity contribution < 1.29 is 19.2 Å². The van der Waals surface area contributed by atoms with Crippen molar-refractivity contribution in [3.05, 3.63) is 33.9 Å². The molecule has 1 heterocycles. The molecular formula is C19H25N3O5S. The standard InChI is InChI=1S/C19H25N3O5S/c1-18(2,3)27-17(23)20-16-21-19(9-5-6-12(19)11-28-16)14-10-13(22(24)25)7-8-15(14)26-4/h7-8,10,12H,5-6,9,11H2,1-4H3,(H,20,21,23)/t12-,19-/m0/s1. The van der Waals surface area contributed by atoms with Crippen molar-refractivity contribution in [2.24, 2.45) is 10.9 Å². The smallest absolute Gasteiger partial charge is 0.413 e. The number of hydrogen-bond donors (Lipinski definition) is 1. The third-order valence-corrected chi connectivity index (χ3v) is 6.01. The zero-order chi connectivity index (χ0) is 20.5. The summed E-state index contributed by atoms with van der Waals surface area (Å²) in [6.07, 6.45) is 2.12. The number of aliphatic imine (C=N–C) groups is 1. The first kappa shape index (κ1) is 20.4. The maximum absolute atomic E-state index is 12.2. The molecule has 28 heavy (non-hydrogen) atoms. The van der Waals surface area contributed by atoms with E-state index in [1.165, 1.54) is 17.8 Å². The minimum absolute atomic E-state index is 0.00547. The van der Waals surface area contributed by atoms with Crippen molar-refractivity contribution >= 4 is 28.7 Å². The molecule has 2 atom stereocenters. The number of thioether (sulfide) groups is 1. The molecule has 0 radical (unpaired) electrons. The molecule has 9 heteroatoms. The van der Waals surface area contributed by atoms with Gasteiger partial charge in [-0.05, 0) is 45.6 Å². The lowest BCUT2D eigenvalue weighted by Gasteiger charge is -2.37. The monoisotopic (exact) mass is 407 g/mol. The summed E-state index contributed by atoms with van der Waals surface area (Å²) in [5.74, 6) is 1.56. The molecule has 0 aromatic heterocycles. The SMILES string of the molecule is COc1ccc([N+](=O)[O-])cc1[C@]12CCC[C@H]1CSC(NC(=O)OC(C)(C)C)=N2. The highest BCUT2D eigenvalue weighted by molar-refractivity contribution is 8.13. The van der Waals surface area contributed by atoms with Crippen molar-refractivity contribution in [2.45, 2.75) is 51.2 Å². The lowest BCUT2D eigenvalue weighted by atomic mass is 9.81. The molecule has 152 valence electrons. The van der Waals surface area contributed by atoms with Gasteiger partial charge in [0.15, 0.2) is 5.17 Å². The molecule has 3 rings (SSSR count). The number of nitrogens with one attached hydrogen (secondary N) is 1. The number of fused-ring (bicyclic) bond motifs is 1. The van der Waals surface area contributed by atoms with Crippen LogP contribution in [0, 0.1) is 16.0 Å². The Hall–Kier alpha value is -2.29. The van der Waals surface area contributed by atoms with E-state index in [-0.39, 0.29) is 11.6 Å². The van der Waals surface area contributed by atoms with Gasteiger partial charge < -0.3 is 9.47 Å². The highest BCUT2D eigenvalue weighted by Crippen LogP contribution is 2.53. The Morgan fingerprint density at radius 1 is 1.43 bits per heavy atom. The molecule has 8 nitrogen and oxygen atoms in total. The molecule has 1 aromatic rings. The van der Waals surface area contributed by atoms with Crippen LogP contribution in [0.3, 0.4) is 0 Å². The quantitative estimate of drug-likeness (QED) is 0.594. The maximum Gasteiger partial charge on any atom is 0.413 e. The number of nitro groups is 1. The number of ether oxygens (including phenoxy) is 2. The van der Waals surface area contributed by atoms with Crippen molar-refractivity contribution in [3.63, 3.8) is 0 Å². The molecule has 1 fully saturated rings. The molecule has 0 bridgehead atoms. The number of carbonyl (C=O) groups excluding carboxylic acids is 1. The number of nitrogens with zero attached hydrogens (tertiary/aromatic N) is 2. The third kappa shape index (κ3) is 4.09. The number of amidine groups is 1. The summed E-state index contributed by atoms with van der Waals surface area (Å²) in [4.78, 5) is 28.0. The molecule has 1 aliphatic carbocycles. The van der Waals surface area contributed by atoms with Gasteiger partial charge in [0, 0.05) is 23.4 Å². The van der Waals surface area contributed by atoms with E-state index in [0.717, 1.165) is 25.0 Å². The van der Waals surface area contributed by atoms with E-state index in [0.29, 0.717) is 16.5 Å². The van der Waals surface area contributed by atoms with Crippen LogP contribution >= 0.6 is 11.8 Å². The number of hydrogen-bond acceptors (Lipinski definition) is 7. The lowest BCUT2D eigenvalue weighted by Crippen LogP contribution is -2.41. The van der Waals surface area contributed by atoms with Gasteiger partial charge in [0.1, 0.15) is 11.4 Å². The van der Waals surface area contributed by atoms with Gasteiger partial charge in [-0.25, -0.2) is 4.79 Å². The number of alkyl carbamates (subject to hydrolysis) is 1. The third-order valence-electron chi connectivity index (χ3n) is 4.98. The van der Waals surface area contributed by atoms with Crippen LogP contribution in [0.4, 0.5) is 10.5 Å². The maximum atomic E-state index is 12.2. The lowest BCUT2D eigenvalue weighted by molar-refractivity contribution is -0.385. The largest absolute Gasteiger partial charge is 0.496 e. The predicted molar refractivity (Wildman–Crippen MR) is 108 cm³/mol. The summed E-state index contributed by atoms with van der Waals surface area (Å²) in [5.41, 5.74) is -0.547. The number of amides is 1. The number of nitro benzene ring substituents is 1. The number of methoxy groups -OCH3 is 1. The van der Waals surface area contributed by atoms with Gasteiger partial charge in [0.2, 0.25) is 0 Å². The first-order valence-corrected chi connectivity index (χ1v) is 10.2. The van der Waals surface area contributed by atoms with E-state index in [9.17, 15) is 14.9 Å². The zero-order valence-electron chi connectivity index (χ0n) is 16.5. The normalized spacial score (nSPS) is 24.1. The van der Waals surface area contributed by atoms with E-state index < -0.39 is 22.2 Å². The van der Waals surface area contributed by atoms with Gasteiger partial charge in [-0.1, -0.05) is 18.2 Å². The van der Waals surface area contributed by atoms with Gasteiger partial charge in [-0.2, -0.15) is 0 Å². The van der Waals surface area contributed by atoms with Crippen LogP contribution in [0.2, 0.25) is 0 Å². The number of benzene rings is 1. The Kier molecular flexibility index (Phi) is 5.56. The van der Waals surface area contributed by atoms with E-state index in [1.807, 2.05) is 0 Å². The highest BCUT2D eigenvalue weighted by Gasteiger charge is 2.49. The topological polar surface area (TPSA) is 103 Å². The van der Waals surface area contributed by atoms with Crippen LogP contribution in [0.1, 0.15) is 45.6 Å². The second-order valence-corrected chi connectivity index (χ2v) is 9.02. The molecule has 1 N–H and O–H groups in total.